The van der Waals surface area contributed by atoms with E-state index in [1.165, 1.54) is 10.6 Å². The molecule has 0 spiro atoms. The SMILES string of the molecule is COc1cc(-c2cn(C)c(=O)c3cc(C(=O)N[C@H]4CCNCC4(F)F)sc23)cc(OC)c1CN(C)C. The van der Waals surface area contributed by atoms with Crippen LogP contribution in [-0.2, 0) is 13.6 Å². The van der Waals surface area contributed by atoms with Crippen LogP contribution in [0.15, 0.2) is 29.2 Å². The maximum Gasteiger partial charge on any atom is 0.280 e. The number of ether oxygens (including phenoxy) is 2. The molecule has 1 atom stereocenters. The molecule has 0 unspecified atom stereocenters. The number of methoxy groups -OCH3 is 2. The number of nitrogens with one attached hydrogen (secondary N) is 2. The number of halogens is 2. The molecule has 194 valence electrons. The monoisotopic (exact) mass is 520 g/mol. The first-order valence-corrected chi connectivity index (χ1v) is 12.3. The maximum absolute atomic E-state index is 14.3. The summed E-state index contributed by atoms with van der Waals surface area (Å²) in [4.78, 5) is 28.1. The summed E-state index contributed by atoms with van der Waals surface area (Å²) in [7, 11) is 8.69. The Hall–Kier alpha value is -3.02. The van der Waals surface area contributed by atoms with Gasteiger partial charge in [-0.3, -0.25) is 9.59 Å². The van der Waals surface area contributed by atoms with Crippen LogP contribution in [0.25, 0.3) is 21.2 Å². The first-order valence-electron chi connectivity index (χ1n) is 11.5. The molecule has 0 bridgehead atoms. The van der Waals surface area contributed by atoms with Crippen LogP contribution in [0, 0.1) is 0 Å². The normalized spacial score (nSPS) is 17.4. The van der Waals surface area contributed by atoms with Gasteiger partial charge < -0.3 is 29.6 Å². The Morgan fingerprint density at radius 2 is 1.92 bits per heavy atom. The van der Waals surface area contributed by atoms with Gasteiger partial charge in [-0.25, -0.2) is 8.78 Å². The molecule has 1 fully saturated rings. The highest BCUT2D eigenvalue weighted by molar-refractivity contribution is 7.21. The summed E-state index contributed by atoms with van der Waals surface area (Å²) in [6, 6.07) is 3.96. The largest absolute Gasteiger partial charge is 0.496 e. The van der Waals surface area contributed by atoms with Crippen LogP contribution in [0.5, 0.6) is 11.5 Å². The van der Waals surface area contributed by atoms with Gasteiger partial charge in [-0.15, -0.1) is 11.3 Å². The number of piperidine rings is 1. The van der Waals surface area contributed by atoms with Crippen molar-refractivity contribution in [2.24, 2.45) is 7.05 Å². The summed E-state index contributed by atoms with van der Waals surface area (Å²) in [5.74, 6) is -2.41. The topological polar surface area (TPSA) is 84.8 Å². The van der Waals surface area contributed by atoms with E-state index in [4.69, 9.17) is 9.47 Å². The molecule has 36 heavy (non-hydrogen) atoms. The van der Waals surface area contributed by atoms with E-state index in [0.717, 1.165) is 22.5 Å². The summed E-state index contributed by atoms with van der Waals surface area (Å²) < 4.78 is 41.8. The Kier molecular flexibility index (Phi) is 7.35. The van der Waals surface area contributed by atoms with Gasteiger partial charge in [-0.2, -0.15) is 0 Å². The molecule has 0 saturated carbocycles. The molecule has 0 radical (unpaired) electrons. The number of pyridine rings is 1. The van der Waals surface area contributed by atoms with Crippen molar-refractivity contribution in [3.05, 3.63) is 45.2 Å². The van der Waals surface area contributed by atoms with Crippen LogP contribution in [0.4, 0.5) is 8.78 Å². The summed E-state index contributed by atoms with van der Waals surface area (Å²) in [5.41, 5.74) is 2.05. The Morgan fingerprint density at radius 3 is 2.50 bits per heavy atom. The minimum Gasteiger partial charge on any atom is -0.496 e. The summed E-state index contributed by atoms with van der Waals surface area (Å²) in [6.07, 6.45) is 1.82. The minimum absolute atomic E-state index is 0.121. The molecule has 8 nitrogen and oxygen atoms in total. The number of nitrogens with zero attached hydrogens (tertiary/aromatic N) is 2. The van der Waals surface area contributed by atoms with E-state index in [1.807, 2.05) is 31.1 Å². The number of carbonyl (C=O) groups is 1. The van der Waals surface area contributed by atoms with Gasteiger partial charge in [0.15, 0.2) is 0 Å². The number of alkyl halides is 2. The molecule has 1 aliphatic heterocycles. The van der Waals surface area contributed by atoms with Crippen LogP contribution in [0.2, 0.25) is 0 Å². The summed E-state index contributed by atoms with van der Waals surface area (Å²) >= 11 is 1.10. The quantitative estimate of drug-likeness (QED) is 0.498. The second-order valence-electron chi connectivity index (χ2n) is 9.16. The number of aryl methyl sites for hydroxylation is 1. The van der Waals surface area contributed by atoms with E-state index in [-0.39, 0.29) is 16.9 Å². The van der Waals surface area contributed by atoms with Gasteiger partial charge in [0.25, 0.3) is 17.4 Å². The van der Waals surface area contributed by atoms with E-state index in [9.17, 15) is 18.4 Å². The lowest BCUT2D eigenvalue weighted by atomic mass is 10.0. The third-order valence-electron chi connectivity index (χ3n) is 6.25. The number of hydrogen-bond donors (Lipinski definition) is 2. The molecule has 1 aliphatic rings. The predicted molar refractivity (Wildman–Crippen MR) is 137 cm³/mol. The number of amides is 1. The molecule has 1 aromatic carbocycles. The van der Waals surface area contributed by atoms with Crippen LogP contribution < -0.4 is 25.7 Å². The molecule has 3 heterocycles. The number of carbonyl (C=O) groups excluding carboxylic acids is 1. The predicted octanol–water partition coefficient (Wildman–Crippen LogP) is 3.07. The standard InChI is InChI=1S/C25H30F2N4O4S/c1-30(2)11-17-18(34-4)8-14(9-19(17)35-5)16-12-31(3)24(33)15-10-20(36-22(15)16)23(32)29-21-6-7-28-13-25(21,26)27/h8-10,12,21,28H,6-7,11,13H2,1-5H3,(H,29,32)/t21-/m0/s1. The third kappa shape index (κ3) is 4.95. The van der Waals surface area contributed by atoms with Gasteiger partial charge in [0.2, 0.25) is 0 Å². The summed E-state index contributed by atoms with van der Waals surface area (Å²) in [6.45, 7) is 0.508. The molecule has 4 rings (SSSR count). The van der Waals surface area contributed by atoms with Gasteiger partial charge in [0.1, 0.15) is 11.5 Å². The van der Waals surface area contributed by atoms with Gasteiger partial charge in [0, 0.05) is 30.1 Å². The molecule has 11 heteroatoms. The minimum atomic E-state index is -3.05. The molecule has 1 amide bonds. The molecule has 2 aromatic heterocycles. The highest BCUT2D eigenvalue weighted by Gasteiger charge is 2.42. The average molecular weight is 521 g/mol. The molecule has 3 aromatic rings. The van der Waals surface area contributed by atoms with E-state index in [0.29, 0.717) is 40.2 Å². The van der Waals surface area contributed by atoms with Crippen LogP contribution >= 0.6 is 11.3 Å². The van der Waals surface area contributed by atoms with Crippen molar-refractivity contribution in [3.8, 4) is 22.6 Å². The Balaban J connectivity index is 1.80. The molecule has 0 aliphatic carbocycles. The van der Waals surface area contributed by atoms with Gasteiger partial charge in [0.05, 0.1) is 42.6 Å². The average Bonchev–Trinajstić information content (AvgIpc) is 3.28. The van der Waals surface area contributed by atoms with Crippen molar-refractivity contribution in [2.75, 3.05) is 41.4 Å². The first-order chi connectivity index (χ1) is 17.1. The van der Waals surface area contributed by atoms with Crippen molar-refractivity contribution < 1.29 is 23.0 Å². The van der Waals surface area contributed by atoms with E-state index < -0.39 is 24.4 Å². The highest BCUT2D eigenvalue weighted by atomic mass is 32.1. The fourth-order valence-corrected chi connectivity index (χ4v) is 5.51. The number of benzene rings is 1. The zero-order valence-electron chi connectivity index (χ0n) is 20.9. The van der Waals surface area contributed by atoms with E-state index in [1.54, 1.807) is 27.5 Å². The molecule has 1 saturated heterocycles. The van der Waals surface area contributed by atoms with E-state index >= 15 is 0 Å². The Labute approximate surface area is 211 Å². The fourth-order valence-electron chi connectivity index (χ4n) is 4.42. The van der Waals surface area contributed by atoms with Crippen molar-refractivity contribution in [3.63, 3.8) is 0 Å². The molecular formula is C25H30F2N4O4S. The molecular weight excluding hydrogens is 490 g/mol. The fraction of sp³-hybridized carbons (Fsp3) is 0.440. The van der Waals surface area contributed by atoms with Crippen molar-refractivity contribution in [2.45, 2.75) is 24.9 Å². The van der Waals surface area contributed by atoms with Crippen molar-refractivity contribution in [1.29, 1.82) is 0 Å². The van der Waals surface area contributed by atoms with Crippen LogP contribution in [0.3, 0.4) is 0 Å². The third-order valence-corrected chi connectivity index (χ3v) is 7.42. The first kappa shape index (κ1) is 26.1. The van der Waals surface area contributed by atoms with Crippen LogP contribution in [-0.4, -0.2) is 68.7 Å². The van der Waals surface area contributed by atoms with Crippen molar-refractivity contribution >= 4 is 27.3 Å². The second kappa shape index (κ2) is 10.2. The number of rotatable bonds is 7. The number of hydrogen-bond acceptors (Lipinski definition) is 7. The van der Waals surface area contributed by atoms with Gasteiger partial charge in [-0.05, 0) is 50.8 Å². The zero-order valence-corrected chi connectivity index (χ0v) is 21.7. The lowest BCUT2D eigenvalue weighted by Gasteiger charge is -2.32. The van der Waals surface area contributed by atoms with Gasteiger partial charge in [-0.1, -0.05) is 0 Å². The summed E-state index contributed by atoms with van der Waals surface area (Å²) in [5, 5.41) is 5.46. The lowest BCUT2D eigenvalue weighted by Crippen LogP contribution is -2.57. The zero-order chi connectivity index (χ0) is 26.2. The van der Waals surface area contributed by atoms with Crippen LogP contribution in [0.1, 0.15) is 21.7 Å². The number of fused-ring (bicyclic) bond motifs is 1. The van der Waals surface area contributed by atoms with E-state index in [2.05, 4.69) is 10.6 Å². The Bertz CT molecular complexity index is 1330. The van der Waals surface area contributed by atoms with Crippen molar-refractivity contribution in [1.82, 2.24) is 20.1 Å². The number of aromatic nitrogens is 1. The smallest absolute Gasteiger partial charge is 0.280 e. The van der Waals surface area contributed by atoms with Gasteiger partial charge >= 0.3 is 0 Å². The number of thiophene rings is 1. The highest BCUT2D eigenvalue weighted by Crippen LogP contribution is 2.39. The maximum atomic E-state index is 14.3. The Morgan fingerprint density at radius 1 is 1.25 bits per heavy atom. The second-order valence-corrected chi connectivity index (χ2v) is 10.2. The molecule has 2 N–H and O–H groups in total. The lowest BCUT2D eigenvalue weighted by molar-refractivity contribution is -0.0487.